The molecule has 2 rings (SSSR count). The first kappa shape index (κ1) is 15.9. The van der Waals surface area contributed by atoms with Crippen molar-refractivity contribution in [3.63, 3.8) is 0 Å². The maximum absolute atomic E-state index is 11.8. The lowest BCUT2D eigenvalue weighted by molar-refractivity contribution is -0.115. The first-order chi connectivity index (χ1) is 9.90. The fraction of sp³-hybridized carbons (Fsp3) is 0.500. The third-order valence-electron chi connectivity index (χ3n) is 3.45. The molecule has 1 aliphatic carbocycles. The molecule has 1 amide bonds. The summed E-state index contributed by atoms with van der Waals surface area (Å²) in [7, 11) is -3.79. The molecule has 0 aromatic heterocycles. The van der Waals surface area contributed by atoms with Gasteiger partial charge >= 0.3 is 0 Å². The molecule has 0 radical (unpaired) electrons. The van der Waals surface area contributed by atoms with Crippen LogP contribution in [0.3, 0.4) is 0 Å². The minimum absolute atomic E-state index is 0.0636. The van der Waals surface area contributed by atoms with Gasteiger partial charge in [-0.2, -0.15) is 0 Å². The van der Waals surface area contributed by atoms with Crippen LogP contribution < -0.4 is 15.8 Å². The molecule has 21 heavy (non-hydrogen) atoms. The van der Waals surface area contributed by atoms with E-state index in [0.717, 1.165) is 6.54 Å². The fourth-order valence-electron chi connectivity index (χ4n) is 2.11. The van der Waals surface area contributed by atoms with Crippen molar-refractivity contribution >= 4 is 21.6 Å². The lowest BCUT2D eigenvalue weighted by atomic mass is 10.1. The normalized spacial score (nSPS) is 15.0. The van der Waals surface area contributed by atoms with Gasteiger partial charge in [0.15, 0.2) is 0 Å². The number of hydrogen-bond acceptors (Lipinski definition) is 4. The molecule has 1 aromatic carbocycles. The highest BCUT2D eigenvalue weighted by Gasteiger charge is 2.20. The van der Waals surface area contributed by atoms with Gasteiger partial charge in [-0.3, -0.25) is 4.79 Å². The van der Waals surface area contributed by atoms with Crippen LogP contribution in [0.2, 0.25) is 0 Å². The molecule has 0 heterocycles. The van der Waals surface area contributed by atoms with Gasteiger partial charge < -0.3 is 10.6 Å². The Morgan fingerprint density at radius 1 is 1.38 bits per heavy atom. The number of anilines is 1. The minimum atomic E-state index is -3.79. The molecule has 6 nitrogen and oxygen atoms in total. The largest absolute Gasteiger partial charge is 0.325 e. The van der Waals surface area contributed by atoms with E-state index in [4.69, 9.17) is 5.14 Å². The van der Waals surface area contributed by atoms with Crippen LogP contribution in [-0.2, 0) is 21.2 Å². The van der Waals surface area contributed by atoms with E-state index in [0.29, 0.717) is 23.6 Å². The van der Waals surface area contributed by atoms with Crippen LogP contribution in [0.15, 0.2) is 23.1 Å². The van der Waals surface area contributed by atoms with Gasteiger partial charge in [-0.05, 0) is 49.4 Å². The predicted octanol–water partition coefficient (Wildman–Crippen LogP) is 0.835. The summed E-state index contributed by atoms with van der Waals surface area (Å²) >= 11 is 0. The molecule has 1 saturated carbocycles. The van der Waals surface area contributed by atoms with Gasteiger partial charge in [0.2, 0.25) is 15.9 Å². The molecule has 116 valence electrons. The summed E-state index contributed by atoms with van der Waals surface area (Å²) in [5.74, 6) is 0.510. The standard InChI is InChI=1S/C14H21N3O3S/c1-2-11-5-6-12(7-13(11)21(15,19)20)17-14(18)9-16-8-10-3-4-10/h5-7,10,16H,2-4,8-9H2,1H3,(H,17,18)(H2,15,19,20). The first-order valence-corrected chi connectivity index (χ1v) is 8.61. The van der Waals surface area contributed by atoms with Crippen molar-refractivity contribution in [3.05, 3.63) is 23.8 Å². The molecule has 4 N–H and O–H groups in total. The number of carbonyl (C=O) groups excluding carboxylic acids is 1. The van der Waals surface area contributed by atoms with Crippen LogP contribution in [-0.4, -0.2) is 27.4 Å². The highest BCUT2D eigenvalue weighted by molar-refractivity contribution is 7.89. The molecular formula is C14H21N3O3S. The highest BCUT2D eigenvalue weighted by atomic mass is 32.2. The number of nitrogens with two attached hydrogens (primary N) is 1. The van der Waals surface area contributed by atoms with Crippen LogP contribution in [0.1, 0.15) is 25.3 Å². The van der Waals surface area contributed by atoms with Crippen molar-refractivity contribution in [2.24, 2.45) is 11.1 Å². The van der Waals surface area contributed by atoms with Gasteiger partial charge in [0, 0.05) is 5.69 Å². The number of carbonyl (C=O) groups is 1. The number of hydrogen-bond donors (Lipinski definition) is 3. The van der Waals surface area contributed by atoms with Crippen molar-refractivity contribution in [3.8, 4) is 0 Å². The maximum Gasteiger partial charge on any atom is 0.238 e. The molecule has 0 atom stereocenters. The number of amides is 1. The molecule has 0 spiro atoms. The molecule has 1 aromatic rings. The van der Waals surface area contributed by atoms with E-state index in [2.05, 4.69) is 10.6 Å². The van der Waals surface area contributed by atoms with Crippen LogP contribution in [0, 0.1) is 5.92 Å². The Balaban J connectivity index is 2.00. The molecule has 0 unspecified atom stereocenters. The number of primary sulfonamides is 1. The zero-order valence-electron chi connectivity index (χ0n) is 12.1. The first-order valence-electron chi connectivity index (χ1n) is 7.06. The number of benzene rings is 1. The zero-order chi connectivity index (χ0) is 15.5. The zero-order valence-corrected chi connectivity index (χ0v) is 12.9. The number of rotatable bonds is 7. The lowest BCUT2D eigenvalue weighted by Gasteiger charge is -2.10. The van der Waals surface area contributed by atoms with E-state index >= 15 is 0 Å². The van der Waals surface area contributed by atoms with Crippen LogP contribution >= 0.6 is 0 Å². The van der Waals surface area contributed by atoms with E-state index in [9.17, 15) is 13.2 Å². The second kappa shape index (κ2) is 6.55. The van der Waals surface area contributed by atoms with Crippen molar-refractivity contribution in [1.82, 2.24) is 5.32 Å². The third-order valence-corrected chi connectivity index (χ3v) is 4.45. The molecule has 1 fully saturated rings. The van der Waals surface area contributed by atoms with Gasteiger partial charge in [0.25, 0.3) is 0 Å². The summed E-state index contributed by atoms with van der Waals surface area (Å²) in [5, 5.41) is 11.0. The Labute approximate surface area is 125 Å². The van der Waals surface area contributed by atoms with E-state index < -0.39 is 10.0 Å². The summed E-state index contributed by atoms with van der Waals surface area (Å²) in [6.07, 6.45) is 3.01. The Morgan fingerprint density at radius 2 is 2.10 bits per heavy atom. The molecule has 0 saturated heterocycles. The summed E-state index contributed by atoms with van der Waals surface area (Å²) in [4.78, 5) is 11.8. The Kier molecular flexibility index (Phi) is 4.97. The quantitative estimate of drug-likeness (QED) is 0.694. The van der Waals surface area contributed by atoms with Gasteiger partial charge in [0.1, 0.15) is 0 Å². The van der Waals surface area contributed by atoms with Crippen LogP contribution in [0.4, 0.5) is 5.69 Å². The number of nitrogens with one attached hydrogen (secondary N) is 2. The second-order valence-corrected chi connectivity index (χ2v) is 6.87. The Bertz CT molecular complexity index is 624. The number of aryl methyl sites for hydroxylation is 1. The molecular weight excluding hydrogens is 290 g/mol. The molecule has 1 aliphatic rings. The van der Waals surface area contributed by atoms with Crippen molar-refractivity contribution in [1.29, 1.82) is 0 Å². The van der Waals surface area contributed by atoms with Gasteiger partial charge in [0.05, 0.1) is 11.4 Å². The van der Waals surface area contributed by atoms with Crippen LogP contribution in [0.5, 0.6) is 0 Å². The van der Waals surface area contributed by atoms with E-state index in [1.54, 1.807) is 12.1 Å². The van der Waals surface area contributed by atoms with Gasteiger partial charge in [-0.25, -0.2) is 13.6 Å². The van der Waals surface area contributed by atoms with E-state index in [1.807, 2.05) is 6.92 Å². The maximum atomic E-state index is 11.8. The summed E-state index contributed by atoms with van der Waals surface area (Å²) < 4.78 is 23.1. The van der Waals surface area contributed by atoms with Crippen molar-refractivity contribution < 1.29 is 13.2 Å². The molecule has 0 bridgehead atoms. The average molecular weight is 311 g/mol. The Morgan fingerprint density at radius 3 is 2.67 bits per heavy atom. The molecule has 7 heteroatoms. The second-order valence-electron chi connectivity index (χ2n) is 5.34. The van der Waals surface area contributed by atoms with E-state index in [-0.39, 0.29) is 17.3 Å². The topological polar surface area (TPSA) is 101 Å². The fourth-order valence-corrected chi connectivity index (χ4v) is 2.98. The van der Waals surface area contributed by atoms with Crippen molar-refractivity contribution in [2.45, 2.75) is 31.1 Å². The lowest BCUT2D eigenvalue weighted by Crippen LogP contribution is -2.29. The highest BCUT2D eigenvalue weighted by Crippen LogP contribution is 2.27. The van der Waals surface area contributed by atoms with Gasteiger partial charge in [-0.1, -0.05) is 13.0 Å². The third kappa shape index (κ3) is 4.80. The average Bonchev–Trinajstić information content (AvgIpc) is 3.22. The van der Waals surface area contributed by atoms with E-state index in [1.165, 1.54) is 18.9 Å². The van der Waals surface area contributed by atoms with Crippen LogP contribution in [0.25, 0.3) is 0 Å². The van der Waals surface area contributed by atoms with Crippen molar-refractivity contribution in [2.75, 3.05) is 18.4 Å². The molecule has 0 aliphatic heterocycles. The predicted molar refractivity (Wildman–Crippen MR) is 81.4 cm³/mol. The minimum Gasteiger partial charge on any atom is -0.325 e. The summed E-state index contributed by atoms with van der Waals surface area (Å²) in [6, 6.07) is 4.77. The monoisotopic (exact) mass is 311 g/mol. The number of sulfonamides is 1. The smallest absolute Gasteiger partial charge is 0.238 e. The van der Waals surface area contributed by atoms with Gasteiger partial charge in [-0.15, -0.1) is 0 Å². The summed E-state index contributed by atoms with van der Waals surface area (Å²) in [6.45, 7) is 2.92. The Hall–Kier alpha value is -1.44. The SMILES string of the molecule is CCc1ccc(NC(=O)CNCC2CC2)cc1S(N)(=O)=O. The summed E-state index contributed by atoms with van der Waals surface area (Å²) in [5.41, 5.74) is 1.08.